The zero-order chi connectivity index (χ0) is 21.9. The third kappa shape index (κ3) is 3.77. The fraction of sp³-hybridized carbons (Fsp3) is 0.724. The highest BCUT2D eigenvalue weighted by molar-refractivity contribution is 5.26. The zero-order valence-corrected chi connectivity index (χ0v) is 20.3. The number of hydrogen-bond acceptors (Lipinski definition) is 2. The van der Waals surface area contributed by atoms with Gasteiger partial charge in [0.2, 0.25) is 0 Å². The van der Waals surface area contributed by atoms with Crippen LogP contribution < -0.4 is 4.74 Å². The molecular formula is C29H42O2. The second kappa shape index (κ2) is 7.65. The summed E-state index contributed by atoms with van der Waals surface area (Å²) in [5.74, 6) is 3.53. The van der Waals surface area contributed by atoms with Crippen LogP contribution in [0.4, 0.5) is 0 Å². The normalized spacial score (nSPS) is 42.2. The summed E-state index contributed by atoms with van der Waals surface area (Å²) in [5, 5.41) is 0. The molecule has 1 aromatic rings. The SMILES string of the molecule is CC(C)(C)O[C@H]1CC[C@@]2(C)C(=CC[C@H]3[C@@H]4CC[C@H](Oc5ccccc5)[C@@]4(C)CC[C@@H]32)C1. The predicted octanol–water partition coefficient (Wildman–Crippen LogP) is 7.58. The van der Waals surface area contributed by atoms with Crippen LogP contribution in [0, 0.1) is 28.6 Å². The topological polar surface area (TPSA) is 18.5 Å². The molecule has 0 amide bonds. The Bertz CT molecular complexity index is 821. The van der Waals surface area contributed by atoms with E-state index in [1.54, 1.807) is 5.57 Å². The van der Waals surface area contributed by atoms with Crippen molar-refractivity contribution in [2.24, 2.45) is 28.6 Å². The second-order valence-corrected chi connectivity index (χ2v) is 12.4. The first-order valence-electron chi connectivity index (χ1n) is 12.8. The van der Waals surface area contributed by atoms with E-state index in [4.69, 9.17) is 9.47 Å². The van der Waals surface area contributed by atoms with E-state index in [1.165, 1.54) is 44.9 Å². The van der Waals surface area contributed by atoms with Gasteiger partial charge in [0.05, 0.1) is 11.7 Å². The van der Waals surface area contributed by atoms with E-state index in [0.29, 0.717) is 23.0 Å². The van der Waals surface area contributed by atoms with Gasteiger partial charge in [-0.2, -0.15) is 0 Å². The lowest BCUT2D eigenvalue weighted by molar-refractivity contribution is -0.0971. The fourth-order valence-electron chi connectivity index (χ4n) is 8.04. The summed E-state index contributed by atoms with van der Waals surface area (Å²) in [6.45, 7) is 11.7. The Morgan fingerprint density at radius 3 is 2.42 bits per heavy atom. The number of allylic oxidation sites excluding steroid dienone is 1. The number of benzene rings is 1. The molecule has 5 rings (SSSR count). The summed E-state index contributed by atoms with van der Waals surface area (Å²) in [5.41, 5.74) is 2.39. The highest BCUT2D eigenvalue weighted by Crippen LogP contribution is 2.65. The Morgan fingerprint density at radius 1 is 0.903 bits per heavy atom. The van der Waals surface area contributed by atoms with Crippen molar-refractivity contribution in [1.82, 2.24) is 0 Å². The largest absolute Gasteiger partial charge is 0.490 e. The summed E-state index contributed by atoms with van der Waals surface area (Å²) in [6.07, 6.45) is 13.6. The molecule has 3 fully saturated rings. The molecule has 0 saturated heterocycles. The van der Waals surface area contributed by atoms with Crippen LogP contribution in [-0.4, -0.2) is 17.8 Å². The molecule has 0 bridgehead atoms. The molecule has 2 heteroatoms. The van der Waals surface area contributed by atoms with Crippen LogP contribution in [0.25, 0.3) is 0 Å². The summed E-state index contributed by atoms with van der Waals surface area (Å²) in [6, 6.07) is 10.5. The molecule has 4 aliphatic carbocycles. The van der Waals surface area contributed by atoms with Crippen molar-refractivity contribution in [3.8, 4) is 5.75 Å². The molecular weight excluding hydrogens is 380 g/mol. The van der Waals surface area contributed by atoms with Crippen molar-refractivity contribution in [2.75, 3.05) is 0 Å². The smallest absolute Gasteiger partial charge is 0.119 e. The minimum atomic E-state index is -0.0412. The second-order valence-electron chi connectivity index (χ2n) is 12.4. The maximum Gasteiger partial charge on any atom is 0.119 e. The number of hydrogen-bond donors (Lipinski definition) is 0. The van der Waals surface area contributed by atoms with E-state index in [2.05, 4.69) is 71.0 Å². The van der Waals surface area contributed by atoms with Crippen LogP contribution in [0.15, 0.2) is 42.0 Å². The number of ether oxygens (including phenoxy) is 2. The minimum Gasteiger partial charge on any atom is -0.490 e. The third-order valence-electron chi connectivity index (χ3n) is 9.51. The fourth-order valence-corrected chi connectivity index (χ4v) is 8.04. The molecule has 1 aromatic carbocycles. The maximum absolute atomic E-state index is 6.59. The molecule has 4 aliphatic rings. The van der Waals surface area contributed by atoms with Crippen LogP contribution in [-0.2, 0) is 4.74 Å². The van der Waals surface area contributed by atoms with Gasteiger partial charge < -0.3 is 9.47 Å². The van der Waals surface area contributed by atoms with E-state index >= 15 is 0 Å². The van der Waals surface area contributed by atoms with Crippen molar-refractivity contribution in [2.45, 2.75) is 104 Å². The van der Waals surface area contributed by atoms with Crippen molar-refractivity contribution in [3.63, 3.8) is 0 Å². The third-order valence-corrected chi connectivity index (χ3v) is 9.51. The van der Waals surface area contributed by atoms with Crippen molar-refractivity contribution < 1.29 is 9.47 Å². The van der Waals surface area contributed by atoms with Crippen molar-refractivity contribution in [1.29, 1.82) is 0 Å². The first-order valence-corrected chi connectivity index (χ1v) is 12.8. The quantitative estimate of drug-likeness (QED) is 0.467. The summed E-state index contributed by atoms with van der Waals surface area (Å²) in [4.78, 5) is 0. The lowest BCUT2D eigenvalue weighted by atomic mass is 9.48. The van der Waals surface area contributed by atoms with Gasteiger partial charge in [-0.1, -0.05) is 43.7 Å². The van der Waals surface area contributed by atoms with Crippen molar-refractivity contribution >= 4 is 0 Å². The minimum absolute atomic E-state index is 0.0412. The lowest BCUT2D eigenvalue weighted by Gasteiger charge is -2.58. The van der Waals surface area contributed by atoms with Crippen LogP contribution in [0.5, 0.6) is 5.75 Å². The maximum atomic E-state index is 6.59. The molecule has 31 heavy (non-hydrogen) atoms. The molecule has 7 atom stereocenters. The molecule has 0 heterocycles. The van der Waals surface area contributed by atoms with Crippen LogP contribution in [0.1, 0.15) is 86.0 Å². The first-order chi connectivity index (χ1) is 14.7. The van der Waals surface area contributed by atoms with Gasteiger partial charge in [-0.25, -0.2) is 0 Å². The van der Waals surface area contributed by atoms with Gasteiger partial charge in [0.25, 0.3) is 0 Å². The van der Waals surface area contributed by atoms with Crippen molar-refractivity contribution in [3.05, 3.63) is 42.0 Å². The van der Waals surface area contributed by atoms with Crippen LogP contribution in [0.2, 0.25) is 0 Å². The van der Waals surface area contributed by atoms with Gasteiger partial charge in [0, 0.05) is 5.41 Å². The van der Waals surface area contributed by atoms with E-state index in [1.807, 2.05) is 0 Å². The van der Waals surface area contributed by atoms with Gasteiger partial charge in [0.15, 0.2) is 0 Å². The summed E-state index contributed by atoms with van der Waals surface area (Å²) < 4.78 is 13.0. The molecule has 0 radical (unpaired) electrons. The van der Waals surface area contributed by atoms with Gasteiger partial charge >= 0.3 is 0 Å². The van der Waals surface area contributed by atoms with E-state index in [9.17, 15) is 0 Å². The summed E-state index contributed by atoms with van der Waals surface area (Å²) in [7, 11) is 0. The number of rotatable bonds is 3. The van der Waals surface area contributed by atoms with Gasteiger partial charge in [0.1, 0.15) is 11.9 Å². The highest BCUT2D eigenvalue weighted by atomic mass is 16.5. The average molecular weight is 423 g/mol. The molecule has 0 N–H and O–H groups in total. The number of fused-ring (bicyclic) bond motifs is 5. The van der Waals surface area contributed by atoms with Crippen LogP contribution >= 0.6 is 0 Å². The molecule has 0 aromatic heterocycles. The Hall–Kier alpha value is -1.28. The Balaban J connectivity index is 1.34. The Kier molecular flexibility index (Phi) is 5.32. The standard InChI is InChI=1S/C29H42O2/c1-27(2,3)31-22-15-17-28(4)20(19-22)11-12-23-24-13-14-26(29(24,5)18-16-25(23)28)30-21-9-7-6-8-10-21/h6-11,22-26H,12-19H2,1-5H3/t22-,23-,24-,25-,26-,28-,29-/m0/s1. The first kappa shape index (κ1) is 21.6. The molecule has 0 aliphatic heterocycles. The van der Waals surface area contributed by atoms with Gasteiger partial charge in [-0.15, -0.1) is 0 Å². The lowest BCUT2D eigenvalue weighted by Crippen LogP contribution is -2.52. The Labute approximate surface area is 189 Å². The average Bonchev–Trinajstić information content (AvgIpc) is 3.04. The summed E-state index contributed by atoms with van der Waals surface area (Å²) >= 11 is 0. The highest BCUT2D eigenvalue weighted by Gasteiger charge is 2.59. The predicted molar refractivity (Wildman–Crippen MR) is 127 cm³/mol. The van der Waals surface area contributed by atoms with E-state index in [-0.39, 0.29) is 5.60 Å². The molecule has 0 unspecified atom stereocenters. The molecule has 0 spiro atoms. The molecule has 2 nitrogen and oxygen atoms in total. The van der Waals surface area contributed by atoms with Gasteiger partial charge in [-0.05, 0) is 107 Å². The Morgan fingerprint density at radius 2 is 1.68 bits per heavy atom. The zero-order valence-electron chi connectivity index (χ0n) is 20.3. The van der Waals surface area contributed by atoms with E-state index in [0.717, 1.165) is 29.9 Å². The van der Waals surface area contributed by atoms with Crippen LogP contribution in [0.3, 0.4) is 0 Å². The monoisotopic (exact) mass is 422 g/mol. The molecule has 170 valence electrons. The van der Waals surface area contributed by atoms with Gasteiger partial charge in [-0.3, -0.25) is 0 Å². The molecule has 3 saturated carbocycles. The number of para-hydroxylation sites is 1. The van der Waals surface area contributed by atoms with E-state index < -0.39 is 0 Å².